The maximum absolute atomic E-state index is 12.7. The Kier molecular flexibility index (Phi) is 3.54. The van der Waals surface area contributed by atoms with Crippen molar-refractivity contribution < 1.29 is 23.1 Å². The van der Waals surface area contributed by atoms with Crippen molar-refractivity contribution in [3.63, 3.8) is 0 Å². The van der Waals surface area contributed by atoms with Crippen LogP contribution >= 0.6 is 0 Å². The Morgan fingerprint density at radius 1 is 1.47 bits per heavy atom. The lowest BCUT2D eigenvalue weighted by Crippen LogP contribution is -2.28. The zero-order valence-corrected chi connectivity index (χ0v) is 7.51. The van der Waals surface area contributed by atoms with E-state index in [1.165, 1.54) is 0 Å². The van der Waals surface area contributed by atoms with E-state index in [0.29, 0.717) is 0 Å². The van der Waals surface area contributed by atoms with Crippen molar-refractivity contribution in [1.29, 1.82) is 0 Å². The molecule has 0 unspecified atom stereocenters. The van der Waals surface area contributed by atoms with Gasteiger partial charge < -0.3 is 10.4 Å². The summed E-state index contributed by atoms with van der Waals surface area (Å²) in [7, 11) is 0. The summed E-state index contributed by atoms with van der Waals surface area (Å²) in [6.07, 6.45) is -2.69. The summed E-state index contributed by atoms with van der Waals surface area (Å²) in [5, 5.41) is 11.0. The summed E-state index contributed by atoms with van der Waals surface area (Å²) in [5.41, 5.74) is -0.365. The monoisotopic (exact) mass is 219 g/mol. The van der Waals surface area contributed by atoms with Crippen LogP contribution < -0.4 is 5.32 Å². The highest BCUT2D eigenvalue weighted by Gasteiger charge is 2.13. The molecule has 0 aliphatic carbocycles. The van der Waals surface area contributed by atoms with Gasteiger partial charge in [0.1, 0.15) is 11.6 Å². The lowest BCUT2D eigenvalue weighted by Gasteiger charge is -2.05. The maximum atomic E-state index is 12.7. The molecule has 3 nitrogen and oxygen atoms in total. The molecule has 1 aromatic rings. The molecule has 15 heavy (non-hydrogen) atoms. The third-order valence-electron chi connectivity index (χ3n) is 1.62. The standard InChI is InChI=1S/C9H8F3NO2/c10-5-1-2-7(14)6(3-5)9(15)13-4-8(11)12/h1-3,8,14H,4H2,(H,13,15). The number of halogens is 3. The lowest BCUT2D eigenvalue weighted by atomic mass is 10.2. The van der Waals surface area contributed by atoms with Crippen LogP contribution in [0.2, 0.25) is 0 Å². The Morgan fingerprint density at radius 2 is 2.13 bits per heavy atom. The number of carbonyl (C=O) groups is 1. The van der Waals surface area contributed by atoms with Crippen LogP contribution in [0.25, 0.3) is 0 Å². The average molecular weight is 219 g/mol. The van der Waals surface area contributed by atoms with E-state index < -0.39 is 30.4 Å². The van der Waals surface area contributed by atoms with Gasteiger partial charge in [-0.2, -0.15) is 0 Å². The summed E-state index contributed by atoms with van der Waals surface area (Å²) in [5.74, 6) is -2.12. The largest absolute Gasteiger partial charge is 0.507 e. The highest BCUT2D eigenvalue weighted by molar-refractivity contribution is 5.96. The third kappa shape index (κ3) is 3.16. The van der Waals surface area contributed by atoms with Gasteiger partial charge in [0, 0.05) is 0 Å². The van der Waals surface area contributed by atoms with Crippen LogP contribution in [0.1, 0.15) is 10.4 Å². The van der Waals surface area contributed by atoms with E-state index in [2.05, 4.69) is 0 Å². The molecule has 0 aliphatic rings. The average Bonchev–Trinajstić information content (AvgIpc) is 2.18. The summed E-state index contributed by atoms with van der Waals surface area (Å²) < 4.78 is 36.1. The molecule has 0 fully saturated rings. The van der Waals surface area contributed by atoms with Gasteiger partial charge in [0.15, 0.2) is 0 Å². The molecule has 82 valence electrons. The Bertz CT molecular complexity index is 368. The summed E-state index contributed by atoms with van der Waals surface area (Å²) in [6.45, 7) is -0.839. The van der Waals surface area contributed by atoms with Crippen LogP contribution in [-0.2, 0) is 0 Å². The molecule has 0 saturated heterocycles. The molecule has 0 spiro atoms. The zero-order chi connectivity index (χ0) is 11.4. The first-order valence-corrected chi connectivity index (χ1v) is 4.05. The van der Waals surface area contributed by atoms with E-state index in [0.717, 1.165) is 18.2 Å². The first-order chi connectivity index (χ1) is 7.00. The Labute approximate surface area is 83.5 Å². The van der Waals surface area contributed by atoms with E-state index in [9.17, 15) is 18.0 Å². The van der Waals surface area contributed by atoms with Gasteiger partial charge in [-0.15, -0.1) is 0 Å². The normalized spacial score (nSPS) is 10.4. The first kappa shape index (κ1) is 11.4. The van der Waals surface area contributed by atoms with Gasteiger partial charge in [0.25, 0.3) is 12.3 Å². The molecule has 1 rings (SSSR count). The second kappa shape index (κ2) is 4.68. The second-order valence-corrected chi connectivity index (χ2v) is 2.76. The number of phenolic OH excluding ortho intramolecular Hbond substituents is 1. The van der Waals surface area contributed by atoms with Gasteiger partial charge in [0.2, 0.25) is 0 Å². The Morgan fingerprint density at radius 3 is 2.73 bits per heavy atom. The summed E-state index contributed by atoms with van der Waals surface area (Å²) in [4.78, 5) is 11.2. The number of benzene rings is 1. The van der Waals surface area contributed by atoms with Crippen LogP contribution in [0.3, 0.4) is 0 Å². The van der Waals surface area contributed by atoms with E-state index >= 15 is 0 Å². The Hall–Kier alpha value is -1.72. The minimum Gasteiger partial charge on any atom is -0.507 e. The van der Waals surface area contributed by atoms with Crippen molar-refractivity contribution in [2.24, 2.45) is 0 Å². The first-order valence-electron chi connectivity index (χ1n) is 4.05. The number of phenols is 1. The van der Waals surface area contributed by atoms with E-state index in [-0.39, 0.29) is 5.56 Å². The van der Waals surface area contributed by atoms with Crippen molar-refractivity contribution in [2.75, 3.05) is 6.54 Å². The lowest BCUT2D eigenvalue weighted by molar-refractivity contribution is 0.0888. The van der Waals surface area contributed by atoms with E-state index in [1.807, 2.05) is 5.32 Å². The van der Waals surface area contributed by atoms with E-state index in [1.54, 1.807) is 0 Å². The topological polar surface area (TPSA) is 49.3 Å². The molecule has 0 bridgehead atoms. The van der Waals surface area contributed by atoms with Gasteiger partial charge in [0.05, 0.1) is 12.1 Å². The predicted molar refractivity (Wildman–Crippen MR) is 46.4 cm³/mol. The fraction of sp³-hybridized carbons (Fsp3) is 0.222. The highest BCUT2D eigenvalue weighted by atomic mass is 19.3. The van der Waals surface area contributed by atoms with Crippen LogP contribution in [0.15, 0.2) is 18.2 Å². The minimum absolute atomic E-state index is 0.365. The summed E-state index contributed by atoms with van der Waals surface area (Å²) >= 11 is 0. The molecule has 0 saturated carbocycles. The maximum Gasteiger partial charge on any atom is 0.255 e. The quantitative estimate of drug-likeness (QED) is 0.809. The molecule has 0 aromatic heterocycles. The molecule has 0 radical (unpaired) electrons. The number of carbonyl (C=O) groups excluding carboxylic acids is 1. The zero-order valence-electron chi connectivity index (χ0n) is 7.51. The highest BCUT2D eigenvalue weighted by Crippen LogP contribution is 2.17. The van der Waals surface area contributed by atoms with Crippen molar-refractivity contribution >= 4 is 5.91 Å². The molecule has 6 heteroatoms. The number of aromatic hydroxyl groups is 1. The van der Waals surface area contributed by atoms with Gasteiger partial charge in [-0.3, -0.25) is 4.79 Å². The van der Waals surface area contributed by atoms with Gasteiger partial charge in [-0.1, -0.05) is 0 Å². The predicted octanol–water partition coefficient (Wildman–Crippen LogP) is 1.53. The number of nitrogens with one attached hydrogen (secondary N) is 1. The van der Waals surface area contributed by atoms with Crippen LogP contribution in [0, 0.1) is 5.82 Å². The van der Waals surface area contributed by atoms with Gasteiger partial charge in [-0.05, 0) is 18.2 Å². The smallest absolute Gasteiger partial charge is 0.255 e. The van der Waals surface area contributed by atoms with E-state index in [4.69, 9.17) is 5.11 Å². The van der Waals surface area contributed by atoms with Crippen LogP contribution in [-0.4, -0.2) is 24.0 Å². The molecular weight excluding hydrogens is 211 g/mol. The minimum atomic E-state index is -2.69. The number of amides is 1. The van der Waals surface area contributed by atoms with Gasteiger partial charge in [-0.25, -0.2) is 13.2 Å². The molecule has 2 N–H and O–H groups in total. The number of hydrogen-bond donors (Lipinski definition) is 2. The van der Waals surface area contributed by atoms with Crippen molar-refractivity contribution in [1.82, 2.24) is 5.32 Å². The fourth-order valence-corrected chi connectivity index (χ4v) is 0.955. The molecular formula is C9H8F3NO2. The Balaban J connectivity index is 2.77. The number of rotatable bonds is 3. The molecule has 1 amide bonds. The molecule has 0 heterocycles. The van der Waals surface area contributed by atoms with Crippen molar-refractivity contribution in [2.45, 2.75) is 6.43 Å². The van der Waals surface area contributed by atoms with Crippen LogP contribution in [0.5, 0.6) is 5.75 Å². The summed E-state index contributed by atoms with van der Waals surface area (Å²) in [6, 6.07) is 2.71. The SMILES string of the molecule is O=C(NCC(F)F)c1cc(F)ccc1O. The van der Waals surface area contributed by atoms with Crippen LogP contribution in [0.4, 0.5) is 13.2 Å². The van der Waals surface area contributed by atoms with Crippen molar-refractivity contribution in [3.05, 3.63) is 29.6 Å². The number of alkyl halides is 2. The second-order valence-electron chi connectivity index (χ2n) is 2.76. The fourth-order valence-electron chi connectivity index (χ4n) is 0.955. The third-order valence-corrected chi connectivity index (χ3v) is 1.62. The molecule has 0 atom stereocenters. The number of hydrogen-bond acceptors (Lipinski definition) is 2. The van der Waals surface area contributed by atoms with Crippen molar-refractivity contribution in [3.8, 4) is 5.75 Å². The molecule has 0 aliphatic heterocycles. The molecule has 1 aromatic carbocycles. The van der Waals surface area contributed by atoms with Gasteiger partial charge >= 0.3 is 0 Å².